The maximum atomic E-state index is 13.1. The lowest BCUT2D eigenvalue weighted by molar-refractivity contribution is 0.624. The molecule has 0 saturated carbocycles. The van der Waals surface area contributed by atoms with Crippen LogP contribution in [0.3, 0.4) is 0 Å². The maximum absolute atomic E-state index is 13.1. The average Bonchev–Trinajstić information content (AvgIpc) is 2.38. The average molecular weight is 264 g/mol. The summed E-state index contributed by atoms with van der Waals surface area (Å²) in [6.07, 6.45) is 0.715. The zero-order chi connectivity index (χ0) is 13.0. The summed E-state index contributed by atoms with van der Waals surface area (Å²) in [5, 5.41) is 0.736. The van der Waals surface area contributed by atoms with E-state index >= 15 is 0 Å². The molecule has 0 atom stereocenters. The molecule has 1 aromatic carbocycles. The smallest absolute Gasteiger partial charge is 0.144 e. The molecule has 94 valence electrons. The van der Waals surface area contributed by atoms with Crippen molar-refractivity contribution in [3.8, 4) is 0 Å². The summed E-state index contributed by atoms with van der Waals surface area (Å²) in [5.41, 5.74) is 2.50. The Labute approximate surface area is 109 Å². The van der Waals surface area contributed by atoms with Gasteiger partial charge in [-0.2, -0.15) is 0 Å². The largest absolute Gasteiger partial charge is 0.308 e. The lowest BCUT2D eigenvalue weighted by Crippen LogP contribution is -2.10. The quantitative estimate of drug-likeness (QED) is 0.505. The second-order valence-electron chi connectivity index (χ2n) is 3.56. The highest BCUT2D eigenvalue weighted by atomic mass is 32.2. The predicted octanol–water partition coefficient (Wildman–Crippen LogP) is 2.61. The highest BCUT2D eigenvalue weighted by Crippen LogP contribution is 2.27. The maximum Gasteiger partial charge on any atom is 0.144 e. The molecule has 0 saturated heterocycles. The van der Waals surface area contributed by atoms with Gasteiger partial charge in [0.2, 0.25) is 0 Å². The second-order valence-corrected chi connectivity index (χ2v) is 4.66. The first-order valence-electron chi connectivity index (χ1n) is 5.49. The van der Waals surface area contributed by atoms with Gasteiger partial charge in [0.05, 0.1) is 0 Å². The molecule has 0 bridgehead atoms. The van der Waals surface area contributed by atoms with Crippen molar-refractivity contribution in [3.63, 3.8) is 0 Å². The standard InChI is InChI=1S/C12H13FN4S/c1-2-10-15-11(17-14)7-12(16-10)18-9-5-3-4-8(13)6-9/h3-7H,2,14H2,1H3,(H,15,16,17). The van der Waals surface area contributed by atoms with Gasteiger partial charge in [-0.05, 0) is 18.2 Å². The Kier molecular flexibility index (Phi) is 4.11. The van der Waals surface area contributed by atoms with Gasteiger partial charge in [0.25, 0.3) is 0 Å². The highest BCUT2D eigenvalue weighted by Gasteiger charge is 2.05. The summed E-state index contributed by atoms with van der Waals surface area (Å²) in [6, 6.07) is 8.11. The molecule has 18 heavy (non-hydrogen) atoms. The highest BCUT2D eigenvalue weighted by molar-refractivity contribution is 7.99. The van der Waals surface area contributed by atoms with Crippen LogP contribution in [0, 0.1) is 5.82 Å². The van der Waals surface area contributed by atoms with E-state index < -0.39 is 0 Å². The minimum atomic E-state index is -0.262. The van der Waals surface area contributed by atoms with E-state index in [9.17, 15) is 4.39 Å². The lowest BCUT2D eigenvalue weighted by atomic mass is 10.4. The minimum Gasteiger partial charge on any atom is -0.308 e. The van der Waals surface area contributed by atoms with Crippen molar-refractivity contribution in [1.82, 2.24) is 9.97 Å². The number of nitrogens with zero attached hydrogens (tertiary/aromatic N) is 2. The van der Waals surface area contributed by atoms with Crippen molar-refractivity contribution in [3.05, 3.63) is 42.0 Å². The van der Waals surface area contributed by atoms with Crippen molar-refractivity contribution in [2.24, 2.45) is 5.84 Å². The predicted molar refractivity (Wildman–Crippen MR) is 69.7 cm³/mol. The van der Waals surface area contributed by atoms with Crippen LogP contribution in [-0.2, 0) is 6.42 Å². The van der Waals surface area contributed by atoms with Gasteiger partial charge < -0.3 is 5.43 Å². The van der Waals surface area contributed by atoms with E-state index in [-0.39, 0.29) is 5.82 Å². The summed E-state index contributed by atoms with van der Waals surface area (Å²) in [4.78, 5) is 9.34. The molecule has 1 aromatic heterocycles. The number of hydrogen-bond donors (Lipinski definition) is 2. The molecule has 1 heterocycles. The summed E-state index contributed by atoms with van der Waals surface area (Å²) >= 11 is 1.37. The number of halogens is 1. The number of nitrogen functional groups attached to an aromatic ring is 1. The van der Waals surface area contributed by atoms with E-state index in [0.717, 1.165) is 9.92 Å². The van der Waals surface area contributed by atoms with Crippen LogP contribution < -0.4 is 11.3 Å². The van der Waals surface area contributed by atoms with Crippen LogP contribution in [-0.4, -0.2) is 9.97 Å². The number of benzene rings is 1. The van der Waals surface area contributed by atoms with Gasteiger partial charge in [-0.15, -0.1) is 0 Å². The molecule has 6 heteroatoms. The molecule has 2 aromatic rings. The summed E-state index contributed by atoms with van der Waals surface area (Å²) in [5.74, 6) is 6.34. The van der Waals surface area contributed by atoms with E-state index in [1.807, 2.05) is 13.0 Å². The molecule has 0 spiro atoms. The minimum absolute atomic E-state index is 0.262. The number of nitrogens with two attached hydrogens (primary N) is 1. The van der Waals surface area contributed by atoms with E-state index in [4.69, 9.17) is 5.84 Å². The molecular weight excluding hydrogens is 251 g/mol. The lowest BCUT2D eigenvalue weighted by Gasteiger charge is -2.06. The SMILES string of the molecule is CCc1nc(NN)cc(Sc2cccc(F)c2)n1. The number of rotatable bonds is 4. The first kappa shape index (κ1) is 12.8. The van der Waals surface area contributed by atoms with Crippen LogP contribution in [0.15, 0.2) is 40.3 Å². The third-order valence-electron chi connectivity index (χ3n) is 2.23. The number of aryl methyl sites for hydroxylation is 1. The van der Waals surface area contributed by atoms with E-state index in [2.05, 4.69) is 15.4 Å². The zero-order valence-electron chi connectivity index (χ0n) is 9.85. The van der Waals surface area contributed by atoms with Gasteiger partial charge in [0.1, 0.15) is 22.5 Å². The van der Waals surface area contributed by atoms with E-state index in [1.54, 1.807) is 12.1 Å². The Morgan fingerprint density at radius 2 is 2.17 bits per heavy atom. The van der Waals surface area contributed by atoms with Crippen LogP contribution in [0.2, 0.25) is 0 Å². The third-order valence-corrected chi connectivity index (χ3v) is 3.14. The Morgan fingerprint density at radius 3 is 2.83 bits per heavy atom. The molecule has 3 N–H and O–H groups in total. The third kappa shape index (κ3) is 3.18. The number of anilines is 1. The van der Waals surface area contributed by atoms with E-state index in [0.29, 0.717) is 18.1 Å². The van der Waals surface area contributed by atoms with Crippen LogP contribution in [0.4, 0.5) is 10.2 Å². The van der Waals surface area contributed by atoms with Crippen molar-refractivity contribution in [2.45, 2.75) is 23.3 Å². The van der Waals surface area contributed by atoms with Crippen molar-refractivity contribution < 1.29 is 4.39 Å². The van der Waals surface area contributed by atoms with Crippen LogP contribution >= 0.6 is 11.8 Å². The fourth-order valence-corrected chi connectivity index (χ4v) is 2.29. The fraction of sp³-hybridized carbons (Fsp3) is 0.167. The van der Waals surface area contributed by atoms with Crippen molar-refractivity contribution in [2.75, 3.05) is 5.43 Å². The normalized spacial score (nSPS) is 10.4. The monoisotopic (exact) mass is 264 g/mol. The molecule has 0 aliphatic heterocycles. The van der Waals surface area contributed by atoms with Crippen molar-refractivity contribution >= 4 is 17.6 Å². The van der Waals surface area contributed by atoms with Gasteiger partial charge in [0, 0.05) is 17.4 Å². The van der Waals surface area contributed by atoms with Crippen LogP contribution in [0.5, 0.6) is 0 Å². The van der Waals surface area contributed by atoms with Gasteiger partial charge >= 0.3 is 0 Å². The number of aromatic nitrogens is 2. The molecule has 0 unspecified atom stereocenters. The molecule has 0 radical (unpaired) electrons. The van der Waals surface area contributed by atoms with Gasteiger partial charge in [-0.3, -0.25) is 0 Å². The Bertz CT molecular complexity index is 525. The Hall–Kier alpha value is -1.66. The second kappa shape index (κ2) is 5.79. The topological polar surface area (TPSA) is 63.8 Å². The number of hydrogen-bond acceptors (Lipinski definition) is 5. The van der Waals surface area contributed by atoms with Gasteiger partial charge in [-0.25, -0.2) is 20.2 Å². The Morgan fingerprint density at radius 1 is 1.33 bits per heavy atom. The summed E-state index contributed by atoms with van der Waals surface area (Å²) in [7, 11) is 0. The van der Waals surface area contributed by atoms with Gasteiger partial charge in [0.15, 0.2) is 0 Å². The zero-order valence-corrected chi connectivity index (χ0v) is 10.7. The first-order valence-corrected chi connectivity index (χ1v) is 6.31. The molecule has 0 aliphatic carbocycles. The molecule has 0 amide bonds. The number of hydrazine groups is 1. The molecule has 4 nitrogen and oxygen atoms in total. The first-order chi connectivity index (χ1) is 8.71. The Balaban J connectivity index is 2.28. The molecule has 0 aliphatic rings. The van der Waals surface area contributed by atoms with Gasteiger partial charge in [-0.1, -0.05) is 24.8 Å². The fourth-order valence-electron chi connectivity index (χ4n) is 1.41. The molecular formula is C12H13FN4S. The summed E-state index contributed by atoms with van der Waals surface area (Å²) < 4.78 is 13.1. The number of nitrogens with one attached hydrogen (secondary N) is 1. The molecule has 2 rings (SSSR count). The molecule has 0 fully saturated rings. The van der Waals surface area contributed by atoms with Crippen LogP contribution in [0.1, 0.15) is 12.7 Å². The summed E-state index contributed by atoms with van der Waals surface area (Å²) in [6.45, 7) is 1.96. The van der Waals surface area contributed by atoms with Crippen molar-refractivity contribution in [1.29, 1.82) is 0 Å². The van der Waals surface area contributed by atoms with Crippen LogP contribution in [0.25, 0.3) is 0 Å². The van der Waals surface area contributed by atoms with E-state index in [1.165, 1.54) is 23.9 Å².